The van der Waals surface area contributed by atoms with Crippen molar-refractivity contribution in [1.29, 1.82) is 0 Å². The van der Waals surface area contributed by atoms with Crippen LogP contribution in [0.4, 0.5) is 11.4 Å². The third-order valence-corrected chi connectivity index (χ3v) is 6.05. The lowest BCUT2D eigenvalue weighted by Crippen LogP contribution is -2.38. The first-order valence-corrected chi connectivity index (χ1v) is 9.96. The number of aromatic nitrogens is 1. The van der Waals surface area contributed by atoms with Crippen molar-refractivity contribution in [3.63, 3.8) is 0 Å². The van der Waals surface area contributed by atoms with Crippen LogP contribution < -0.4 is 14.4 Å². The number of ether oxygens (including phenoxy) is 1. The van der Waals surface area contributed by atoms with Crippen LogP contribution in [0.25, 0.3) is 0 Å². The Morgan fingerprint density at radius 2 is 2.07 bits per heavy atom. The van der Waals surface area contributed by atoms with Crippen LogP contribution >= 0.6 is 0 Å². The van der Waals surface area contributed by atoms with Crippen molar-refractivity contribution in [3.05, 3.63) is 66.4 Å². The van der Waals surface area contributed by atoms with Gasteiger partial charge in [-0.1, -0.05) is 12.1 Å². The van der Waals surface area contributed by atoms with E-state index in [0.29, 0.717) is 17.1 Å². The predicted molar refractivity (Wildman–Crippen MR) is 102 cm³/mol. The molecule has 28 heavy (non-hydrogen) atoms. The summed E-state index contributed by atoms with van der Waals surface area (Å²) in [6.07, 6.45) is 2.64. The van der Waals surface area contributed by atoms with Crippen molar-refractivity contribution < 1.29 is 22.4 Å². The number of oxazole rings is 1. The SMILES string of the molecule is Cc1ccc2c(c1)OCCN2S(=O)(=O)c1cccc(NC(=O)c2ncco2)c1. The third-order valence-electron chi connectivity index (χ3n) is 4.24. The van der Waals surface area contributed by atoms with Crippen LogP contribution in [0.15, 0.2) is 64.2 Å². The van der Waals surface area contributed by atoms with Gasteiger partial charge in [0.25, 0.3) is 15.9 Å². The van der Waals surface area contributed by atoms with Gasteiger partial charge in [-0.05, 0) is 42.8 Å². The van der Waals surface area contributed by atoms with E-state index in [4.69, 9.17) is 9.15 Å². The zero-order chi connectivity index (χ0) is 19.7. The third kappa shape index (κ3) is 3.31. The Bertz CT molecular complexity index is 1130. The summed E-state index contributed by atoms with van der Waals surface area (Å²) >= 11 is 0. The van der Waals surface area contributed by atoms with Gasteiger partial charge in [0.05, 0.1) is 23.3 Å². The van der Waals surface area contributed by atoms with Gasteiger partial charge in [0.15, 0.2) is 0 Å². The number of benzene rings is 2. The molecule has 1 aliphatic rings. The highest BCUT2D eigenvalue weighted by molar-refractivity contribution is 7.92. The second-order valence-electron chi connectivity index (χ2n) is 6.22. The average Bonchev–Trinajstić information content (AvgIpc) is 3.22. The Morgan fingerprint density at radius 3 is 2.86 bits per heavy atom. The van der Waals surface area contributed by atoms with E-state index in [9.17, 15) is 13.2 Å². The van der Waals surface area contributed by atoms with Gasteiger partial charge < -0.3 is 14.5 Å². The number of hydrogen-bond donors (Lipinski definition) is 1. The molecule has 0 saturated heterocycles. The molecule has 0 unspecified atom stereocenters. The summed E-state index contributed by atoms with van der Waals surface area (Å²) in [6, 6.07) is 11.4. The lowest BCUT2D eigenvalue weighted by molar-refractivity contribution is 0.0990. The molecule has 8 nitrogen and oxygen atoms in total. The number of nitrogens with one attached hydrogen (secondary N) is 1. The molecule has 1 aromatic heterocycles. The number of nitrogens with zero attached hydrogens (tertiary/aromatic N) is 2. The number of sulfonamides is 1. The number of fused-ring (bicyclic) bond motifs is 1. The van der Waals surface area contributed by atoms with E-state index >= 15 is 0 Å². The van der Waals surface area contributed by atoms with Crippen molar-refractivity contribution >= 4 is 27.3 Å². The topological polar surface area (TPSA) is 102 Å². The normalized spacial score (nSPS) is 13.5. The second kappa shape index (κ2) is 7.01. The fourth-order valence-corrected chi connectivity index (χ4v) is 4.44. The molecule has 0 atom stereocenters. The summed E-state index contributed by atoms with van der Waals surface area (Å²) < 4.78 is 38.3. The maximum absolute atomic E-state index is 13.2. The molecule has 0 spiro atoms. The quantitative estimate of drug-likeness (QED) is 0.724. The van der Waals surface area contributed by atoms with E-state index < -0.39 is 15.9 Å². The van der Waals surface area contributed by atoms with Crippen LogP contribution in [0.2, 0.25) is 0 Å². The first-order valence-electron chi connectivity index (χ1n) is 8.52. The standard InChI is InChI=1S/C19H17N3O5S/c1-13-5-6-16-17(11-13)26-10-8-22(16)28(24,25)15-4-2-3-14(12-15)21-18(23)19-20-7-9-27-19/h2-7,9,11-12H,8,10H2,1H3,(H,21,23). The first kappa shape index (κ1) is 18.1. The number of aryl methyl sites for hydroxylation is 1. The van der Waals surface area contributed by atoms with Gasteiger partial charge in [0.1, 0.15) is 18.6 Å². The molecule has 0 aliphatic carbocycles. The smallest absolute Gasteiger partial charge is 0.311 e. The Morgan fingerprint density at radius 1 is 1.21 bits per heavy atom. The molecule has 0 fully saturated rings. The molecule has 9 heteroatoms. The molecule has 0 saturated carbocycles. The van der Waals surface area contributed by atoms with Gasteiger partial charge in [0, 0.05) is 5.69 Å². The molecule has 0 radical (unpaired) electrons. The van der Waals surface area contributed by atoms with Crippen LogP contribution in [0.5, 0.6) is 5.75 Å². The minimum atomic E-state index is -3.84. The summed E-state index contributed by atoms with van der Waals surface area (Å²) in [5.41, 5.74) is 1.79. The Hall–Kier alpha value is -3.33. The molecular weight excluding hydrogens is 382 g/mol. The highest BCUT2D eigenvalue weighted by atomic mass is 32.2. The van der Waals surface area contributed by atoms with Gasteiger partial charge in [-0.25, -0.2) is 13.4 Å². The van der Waals surface area contributed by atoms with Gasteiger partial charge in [0.2, 0.25) is 0 Å². The van der Waals surface area contributed by atoms with Crippen molar-refractivity contribution in [2.24, 2.45) is 0 Å². The number of amides is 1. The number of anilines is 2. The van der Waals surface area contributed by atoms with Crippen LogP contribution in [0.1, 0.15) is 16.2 Å². The highest BCUT2D eigenvalue weighted by Crippen LogP contribution is 2.36. The molecule has 2 aromatic carbocycles. The summed E-state index contributed by atoms with van der Waals surface area (Å²) in [6.45, 7) is 2.37. The monoisotopic (exact) mass is 399 g/mol. The van der Waals surface area contributed by atoms with Crippen LogP contribution in [0, 0.1) is 6.92 Å². The van der Waals surface area contributed by atoms with E-state index in [1.807, 2.05) is 19.1 Å². The fourth-order valence-electron chi connectivity index (χ4n) is 2.93. The molecule has 3 aromatic rings. The number of carbonyl (C=O) groups is 1. The minimum absolute atomic E-state index is 0.0612. The first-order chi connectivity index (χ1) is 13.4. The van der Waals surface area contributed by atoms with Crippen LogP contribution in [-0.2, 0) is 10.0 Å². The number of carbonyl (C=O) groups excluding carboxylic acids is 1. The molecule has 4 rings (SSSR count). The van der Waals surface area contributed by atoms with Crippen LogP contribution in [-0.4, -0.2) is 32.5 Å². The Labute approximate surface area is 161 Å². The summed E-state index contributed by atoms with van der Waals surface area (Å²) in [5, 5.41) is 2.58. The Balaban J connectivity index is 1.65. The molecular formula is C19H17N3O5S. The molecule has 144 valence electrons. The van der Waals surface area contributed by atoms with Crippen molar-refractivity contribution in [3.8, 4) is 5.75 Å². The lowest BCUT2D eigenvalue weighted by atomic mass is 10.2. The lowest BCUT2D eigenvalue weighted by Gasteiger charge is -2.30. The average molecular weight is 399 g/mol. The van der Waals surface area contributed by atoms with Gasteiger partial charge in [-0.3, -0.25) is 9.10 Å². The molecule has 1 amide bonds. The molecule has 0 bridgehead atoms. The second-order valence-corrected chi connectivity index (χ2v) is 8.08. The summed E-state index contributed by atoms with van der Waals surface area (Å²) in [5.74, 6) is -0.138. The maximum atomic E-state index is 13.2. The fraction of sp³-hybridized carbons (Fsp3) is 0.158. The van der Waals surface area contributed by atoms with E-state index in [1.54, 1.807) is 18.2 Å². The molecule has 1 aliphatic heterocycles. The van der Waals surface area contributed by atoms with Gasteiger partial charge in [-0.2, -0.15) is 0 Å². The van der Waals surface area contributed by atoms with Crippen molar-refractivity contribution in [2.75, 3.05) is 22.8 Å². The number of rotatable bonds is 4. The van der Waals surface area contributed by atoms with E-state index in [2.05, 4.69) is 10.3 Å². The number of hydrogen-bond acceptors (Lipinski definition) is 6. The predicted octanol–water partition coefficient (Wildman–Crippen LogP) is 2.82. The Kier molecular flexibility index (Phi) is 4.52. The van der Waals surface area contributed by atoms with Gasteiger partial charge in [-0.15, -0.1) is 0 Å². The van der Waals surface area contributed by atoms with E-state index in [1.165, 1.54) is 28.9 Å². The van der Waals surface area contributed by atoms with E-state index in [0.717, 1.165) is 5.56 Å². The largest absolute Gasteiger partial charge is 0.489 e. The summed E-state index contributed by atoms with van der Waals surface area (Å²) in [7, 11) is -3.84. The molecule has 2 heterocycles. The highest BCUT2D eigenvalue weighted by Gasteiger charge is 2.30. The van der Waals surface area contributed by atoms with Crippen molar-refractivity contribution in [1.82, 2.24) is 4.98 Å². The maximum Gasteiger partial charge on any atom is 0.311 e. The van der Waals surface area contributed by atoms with Crippen LogP contribution in [0.3, 0.4) is 0 Å². The van der Waals surface area contributed by atoms with Gasteiger partial charge >= 0.3 is 5.91 Å². The van der Waals surface area contributed by atoms with E-state index in [-0.39, 0.29) is 23.9 Å². The zero-order valence-electron chi connectivity index (χ0n) is 15.0. The zero-order valence-corrected chi connectivity index (χ0v) is 15.8. The molecule has 1 N–H and O–H groups in total. The minimum Gasteiger partial charge on any atom is -0.489 e. The summed E-state index contributed by atoms with van der Waals surface area (Å²) in [4.78, 5) is 15.9. The van der Waals surface area contributed by atoms with Crippen molar-refractivity contribution in [2.45, 2.75) is 11.8 Å².